The Morgan fingerprint density at radius 1 is 1.29 bits per heavy atom. The first kappa shape index (κ1) is 20.9. The number of aliphatic hydroxyl groups excluding tert-OH is 3. The van der Waals surface area contributed by atoms with Crippen molar-refractivity contribution in [3.8, 4) is 5.75 Å². The van der Waals surface area contributed by atoms with Crippen LogP contribution in [0, 0.1) is 0 Å². The number of aromatic nitrogens is 4. The maximum absolute atomic E-state index is 10.5. The Labute approximate surface area is 177 Å². The average Bonchev–Trinajstić information content (AvgIpc) is 3.27. The van der Waals surface area contributed by atoms with Crippen LogP contribution in [0.1, 0.15) is 18.7 Å². The van der Waals surface area contributed by atoms with Gasteiger partial charge in [0.15, 0.2) is 23.2 Å². The van der Waals surface area contributed by atoms with Crippen LogP contribution < -0.4 is 15.9 Å². The summed E-state index contributed by atoms with van der Waals surface area (Å²) in [6.07, 6.45) is -1.87. The Balaban J connectivity index is 1.70. The summed E-state index contributed by atoms with van der Waals surface area (Å²) in [5.74, 6) is 0.953. The maximum atomic E-state index is 10.5. The van der Waals surface area contributed by atoms with E-state index in [2.05, 4.69) is 25.5 Å². The minimum Gasteiger partial charge on any atom is -0.493 e. The molecule has 0 spiro atoms. The van der Waals surface area contributed by atoms with Crippen molar-refractivity contribution >= 4 is 29.1 Å². The third kappa shape index (κ3) is 3.88. The van der Waals surface area contributed by atoms with Gasteiger partial charge in [0, 0.05) is 5.56 Å². The Morgan fingerprint density at radius 3 is 2.84 bits per heavy atom. The lowest BCUT2D eigenvalue weighted by Crippen LogP contribution is -2.33. The first-order chi connectivity index (χ1) is 15.0. The largest absolute Gasteiger partial charge is 0.493 e. The zero-order valence-electron chi connectivity index (χ0n) is 16.7. The number of hydrazone groups is 1. The lowest BCUT2D eigenvalue weighted by molar-refractivity contribution is -0.0501. The molecule has 31 heavy (non-hydrogen) atoms. The summed E-state index contributed by atoms with van der Waals surface area (Å²) in [4.78, 5) is 12.5. The molecule has 164 valence electrons. The fourth-order valence-corrected chi connectivity index (χ4v) is 3.37. The van der Waals surface area contributed by atoms with Gasteiger partial charge in [0.1, 0.15) is 30.4 Å². The highest BCUT2D eigenvalue weighted by Gasteiger charge is 2.45. The molecule has 3 aromatic rings. The number of nitrogens with zero attached hydrogens (tertiary/aromatic N) is 5. The number of nitrogens with one attached hydrogen (secondary N) is 1. The second-order valence-corrected chi connectivity index (χ2v) is 6.81. The molecule has 6 N–H and O–H groups in total. The number of fused-ring (bicyclic) bond motifs is 1. The summed E-state index contributed by atoms with van der Waals surface area (Å²) < 4.78 is 12.6. The van der Waals surface area contributed by atoms with E-state index >= 15 is 0 Å². The number of imidazole rings is 1. The minimum atomic E-state index is -1.34. The normalized spacial score (nSPS) is 23.6. The number of para-hydroxylation sites is 1. The van der Waals surface area contributed by atoms with Crippen LogP contribution in [0.2, 0.25) is 0 Å². The van der Waals surface area contributed by atoms with Crippen LogP contribution in [0.5, 0.6) is 5.75 Å². The number of anilines is 2. The Bertz CT molecular complexity index is 1090. The highest BCUT2D eigenvalue weighted by molar-refractivity contribution is 5.85. The van der Waals surface area contributed by atoms with Crippen molar-refractivity contribution < 1.29 is 24.8 Å². The van der Waals surface area contributed by atoms with Gasteiger partial charge in [-0.2, -0.15) is 5.10 Å². The van der Waals surface area contributed by atoms with Gasteiger partial charge >= 0.3 is 0 Å². The molecule has 0 bridgehead atoms. The van der Waals surface area contributed by atoms with E-state index < -0.39 is 31.1 Å². The van der Waals surface area contributed by atoms with E-state index in [9.17, 15) is 15.3 Å². The Hall–Kier alpha value is -3.32. The van der Waals surface area contributed by atoms with Crippen LogP contribution in [0.25, 0.3) is 11.2 Å². The minimum absolute atomic E-state index is 0.129. The molecule has 4 rings (SSSR count). The maximum Gasteiger partial charge on any atom is 0.228 e. The number of rotatable bonds is 7. The molecule has 0 radical (unpaired) electrons. The van der Waals surface area contributed by atoms with Crippen molar-refractivity contribution in [3.05, 3.63) is 36.2 Å². The van der Waals surface area contributed by atoms with Gasteiger partial charge in [-0.3, -0.25) is 4.57 Å². The molecule has 1 aliphatic heterocycles. The van der Waals surface area contributed by atoms with Gasteiger partial charge < -0.3 is 30.5 Å². The second-order valence-electron chi connectivity index (χ2n) is 6.81. The van der Waals surface area contributed by atoms with Gasteiger partial charge in [-0.15, -0.1) is 0 Å². The summed E-state index contributed by atoms with van der Waals surface area (Å²) in [5, 5.41) is 34.3. The molecule has 12 nitrogen and oxygen atoms in total. The quantitative estimate of drug-likeness (QED) is 0.251. The van der Waals surface area contributed by atoms with Crippen LogP contribution >= 0.6 is 0 Å². The second kappa shape index (κ2) is 8.81. The first-order valence-corrected chi connectivity index (χ1v) is 9.66. The number of ether oxygens (including phenoxy) is 2. The summed E-state index contributed by atoms with van der Waals surface area (Å²) in [6.45, 7) is 1.94. The van der Waals surface area contributed by atoms with Crippen molar-refractivity contribution in [2.24, 2.45) is 5.10 Å². The zero-order chi connectivity index (χ0) is 22.0. The molecule has 0 saturated carbocycles. The van der Waals surface area contributed by atoms with Gasteiger partial charge in [-0.05, 0) is 19.1 Å². The lowest BCUT2D eigenvalue weighted by Gasteiger charge is -2.18. The lowest BCUT2D eigenvalue weighted by atomic mass is 10.1. The summed E-state index contributed by atoms with van der Waals surface area (Å²) in [5.41, 5.74) is 10.0. The molecule has 1 fully saturated rings. The first-order valence-electron chi connectivity index (χ1n) is 9.66. The number of nitrogens with two attached hydrogens (primary N) is 1. The predicted molar refractivity (Wildman–Crippen MR) is 112 cm³/mol. The van der Waals surface area contributed by atoms with E-state index in [-0.39, 0.29) is 22.9 Å². The summed E-state index contributed by atoms with van der Waals surface area (Å²) >= 11 is 0. The predicted octanol–water partition coefficient (Wildman–Crippen LogP) is -0.135. The van der Waals surface area contributed by atoms with E-state index in [1.165, 1.54) is 10.9 Å². The highest BCUT2D eigenvalue weighted by atomic mass is 16.6. The molecular weight excluding hydrogens is 406 g/mol. The molecule has 3 heterocycles. The average molecular weight is 429 g/mol. The van der Waals surface area contributed by atoms with E-state index in [0.717, 1.165) is 5.56 Å². The fourth-order valence-electron chi connectivity index (χ4n) is 3.37. The van der Waals surface area contributed by atoms with Crippen molar-refractivity contribution in [3.63, 3.8) is 0 Å². The SMILES string of the molecule is CCOc1ccccc1/C=N/Nc1nc2c(N)ncnc2n1C1OC(CO)C(O)C1O. The van der Waals surface area contributed by atoms with Crippen molar-refractivity contribution in [2.75, 3.05) is 24.4 Å². The van der Waals surface area contributed by atoms with Gasteiger partial charge in [0.2, 0.25) is 5.95 Å². The molecule has 1 aliphatic rings. The molecule has 1 saturated heterocycles. The highest BCUT2D eigenvalue weighted by Crippen LogP contribution is 2.35. The molecular formula is C19H23N7O5. The molecule has 1 aromatic carbocycles. The number of aliphatic hydroxyl groups is 3. The topological polar surface area (TPSA) is 173 Å². The van der Waals surface area contributed by atoms with Gasteiger partial charge in [-0.1, -0.05) is 12.1 Å². The van der Waals surface area contributed by atoms with Gasteiger partial charge in [0.25, 0.3) is 0 Å². The number of hydrogen-bond acceptors (Lipinski definition) is 11. The van der Waals surface area contributed by atoms with Crippen LogP contribution in [-0.4, -0.2) is 72.6 Å². The van der Waals surface area contributed by atoms with E-state index in [0.29, 0.717) is 12.4 Å². The van der Waals surface area contributed by atoms with Crippen LogP contribution in [0.4, 0.5) is 11.8 Å². The molecule has 2 aromatic heterocycles. The van der Waals surface area contributed by atoms with Crippen LogP contribution in [0.3, 0.4) is 0 Å². The van der Waals surface area contributed by atoms with Crippen molar-refractivity contribution in [1.82, 2.24) is 19.5 Å². The Kier molecular flexibility index (Phi) is 5.95. The molecule has 4 unspecified atom stereocenters. The van der Waals surface area contributed by atoms with Crippen molar-refractivity contribution in [1.29, 1.82) is 0 Å². The summed E-state index contributed by atoms with van der Waals surface area (Å²) in [6, 6.07) is 7.39. The number of benzene rings is 1. The third-order valence-electron chi connectivity index (χ3n) is 4.86. The number of hydrogen-bond donors (Lipinski definition) is 5. The molecule has 12 heteroatoms. The van der Waals surface area contributed by atoms with Gasteiger partial charge in [-0.25, -0.2) is 20.4 Å². The molecule has 0 aliphatic carbocycles. The van der Waals surface area contributed by atoms with E-state index in [1.807, 2.05) is 31.2 Å². The van der Waals surface area contributed by atoms with Gasteiger partial charge in [0.05, 0.1) is 19.4 Å². The fraction of sp³-hybridized carbons (Fsp3) is 0.368. The van der Waals surface area contributed by atoms with E-state index in [1.54, 1.807) is 6.21 Å². The molecule has 0 amide bonds. The third-order valence-corrected chi connectivity index (χ3v) is 4.86. The summed E-state index contributed by atoms with van der Waals surface area (Å²) in [7, 11) is 0. The van der Waals surface area contributed by atoms with Crippen LogP contribution in [-0.2, 0) is 4.74 Å². The Morgan fingerprint density at radius 2 is 2.10 bits per heavy atom. The van der Waals surface area contributed by atoms with Crippen molar-refractivity contribution in [2.45, 2.75) is 31.5 Å². The number of nitrogen functional groups attached to an aromatic ring is 1. The molecule has 4 atom stereocenters. The smallest absolute Gasteiger partial charge is 0.228 e. The zero-order valence-corrected chi connectivity index (χ0v) is 16.7. The van der Waals surface area contributed by atoms with Crippen LogP contribution in [0.15, 0.2) is 35.7 Å². The standard InChI is InChI=1S/C19H23N7O5/c1-2-30-11-6-4-3-5-10(11)7-23-25-19-24-13-16(20)21-9-22-17(13)26(19)18-15(29)14(28)12(8-27)31-18/h3-7,9,12,14-15,18,27-29H,2,8H2,1H3,(H,24,25)(H2,20,21,22)/b23-7+. The van der Waals surface area contributed by atoms with E-state index in [4.69, 9.17) is 15.2 Å². The monoisotopic (exact) mass is 429 g/mol.